The van der Waals surface area contributed by atoms with E-state index in [1.165, 1.54) is 31.3 Å². The molecule has 1 fully saturated rings. The van der Waals surface area contributed by atoms with Crippen molar-refractivity contribution in [3.05, 3.63) is 63.2 Å². The Morgan fingerprint density at radius 2 is 1.66 bits per heavy atom. The van der Waals surface area contributed by atoms with Crippen LogP contribution in [0.1, 0.15) is 34.3 Å². The highest BCUT2D eigenvalue weighted by atomic mass is 16.6. The van der Waals surface area contributed by atoms with Gasteiger partial charge < -0.3 is 14.8 Å². The summed E-state index contributed by atoms with van der Waals surface area (Å²) in [7, 11) is 2.84. The SMILES string of the molecule is COc1cc(CCNC(=O)c2ccc(CN3C(=O)CCC3=O)cc2)c([N+](=O)[O-])cc1OC. The number of carbonyl (C=O) groups excluding carboxylic acids is 3. The molecule has 168 valence electrons. The summed E-state index contributed by atoms with van der Waals surface area (Å²) >= 11 is 0. The van der Waals surface area contributed by atoms with Gasteiger partial charge in [-0.15, -0.1) is 0 Å². The van der Waals surface area contributed by atoms with Crippen LogP contribution in [0.15, 0.2) is 36.4 Å². The third-order valence-corrected chi connectivity index (χ3v) is 5.17. The molecular weight excluding hydrogens is 418 g/mol. The van der Waals surface area contributed by atoms with Crippen molar-refractivity contribution in [1.29, 1.82) is 0 Å². The number of ether oxygens (including phenoxy) is 2. The van der Waals surface area contributed by atoms with Crippen molar-refractivity contribution < 1.29 is 28.8 Å². The smallest absolute Gasteiger partial charge is 0.276 e. The summed E-state index contributed by atoms with van der Waals surface area (Å²) in [6.45, 7) is 0.357. The predicted molar refractivity (Wildman–Crippen MR) is 113 cm³/mol. The maximum Gasteiger partial charge on any atom is 0.276 e. The number of carbonyl (C=O) groups is 3. The number of amides is 3. The van der Waals surface area contributed by atoms with Gasteiger partial charge in [0.1, 0.15) is 0 Å². The van der Waals surface area contributed by atoms with Crippen LogP contribution in [0.3, 0.4) is 0 Å². The van der Waals surface area contributed by atoms with Crippen LogP contribution in [-0.4, -0.2) is 48.3 Å². The number of hydrogen-bond acceptors (Lipinski definition) is 7. The molecule has 0 unspecified atom stereocenters. The second kappa shape index (κ2) is 9.90. The molecule has 2 aromatic carbocycles. The lowest BCUT2D eigenvalue weighted by Gasteiger charge is -2.14. The van der Waals surface area contributed by atoms with Gasteiger partial charge in [-0.05, 0) is 30.2 Å². The van der Waals surface area contributed by atoms with Gasteiger partial charge in [0, 0.05) is 30.5 Å². The van der Waals surface area contributed by atoms with Gasteiger partial charge in [0.15, 0.2) is 11.5 Å². The largest absolute Gasteiger partial charge is 0.493 e. The summed E-state index contributed by atoms with van der Waals surface area (Å²) < 4.78 is 10.3. The summed E-state index contributed by atoms with van der Waals surface area (Å²) in [4.78, 5) is 48.0. The minimum atomic E-state index is -0.506. The minimum absolute atomic E-state index is 0.118. The summed E-state index contributed by atoms with van der Waals surface area (Å²) in [5, 5.41) is 14.1. The third-order valence-electron chi connectivity index (χ3n) is 5.17. The van der Waals surface area contributed by atoms with E-state index < -0.39 is 4.92 Å². The van der Waals surface area contributed by atoms with Crippen LogP contribution in [0, 0.1) is 10.1 Å². The average molecular weight is 441 g/mol. The van der Waals surface area contributed by atoms with Gasteiger partial charge in [-0.1, -0.05) is 12.1 Å². The summed E-state index contributed by atoms with van der Waals surface area (Å²) in [5.74, 6) is -0.107. The highest BCUT2D eigenvalue weighted by Gasteiger charge is 2.28. The van der Waals surface area contributed by atoms with Crippen molar-refractivity contribution in [3.63, 3.8) is 0 Å². The van der Waals surface area contributed by atoms with Crippen molar-refractivity contribution in [2.75, 3.05) is 20.8 Å². The Labute approximate surface area is 184 Å². The number of benzene rings is 2. The zero-order chi connectivity index (χ0) is 23.3. The lowest BCUT2D eigenvalue weighted by atomic mass is 10.1. The molecule has 3 rings (SSSR count). The molecule has 0 saturated carbocycles. The molecule has 0 spiro atoms. The van der Waals surface area contributed by atoms with Gasteiger partial charge in [0.25, 0.3) is 11.6 Å². The molecule has 1 heterocycles. The average Bonchev–Trinajstić information content (AvgIpc) is 3.10. The molecule has 10 nitrogen and oxygen atoms in total. The fraction of sp³-hybridized carbons (Fsp3) is 0.318. The molecule has 1 saturated heterocycles. The Kier molecular flexibility index (Phi) is 7.04. The maximum absolute atomic E-state index is 12.4. The fourth-order valence-corrected chi connectivity index (χ4v) is 3.44. The molecule has 1 N–H and O–H groups in total. The third kappa shape index (κ3) is 5.02. The Morgan fingerprint density at radius 1 is 1.06 bits per heavy atom. The van der Waals surface area contributed by atoms with E-state index in [4.69, 9.17) is 9.47 Å². The first-order valence-corrected chi connectivity index (χ1v) is 9.93. The first kappa shape index (κ1) is 22.7. The van der Waals surface area contributed by atoms with Crippen molar-refractivity contribution >= 4 is 23.4 Å². The topological polar surface area (TPSA) is 128 Å². The Hall–Kier alpha value is -3.95. The Morgan fingerprint density at radius 3 is 2.22 bits per heavy atom. The second-order valence-corrected chi connectivity index (χ2v) is 7.17. The molecule has 3 amide bonds. The van der Waals surface area contributed by atoms with E-state index >= 15 is 0 Å². The summed E-state index contributed by atoms with van der Waals surface area (Å²) in [6, 6.07) is 9.41. The first-order chi connectivity index (χ1) is 15.3. The van der Waals surface area contributed by atoms with Gasteiger partial charge in [0.2, 0.25) is 11.8 Å². The zero-order valence-corrected chi connectivity index (χ0v) is 17.8. The second-order valence-electron chi connectivity index (χ2n) is 7.17. The molecule has 0 aliphatic carbocycles. The summed E-state index contributed by atoms with van der Waals surface area (Å²) in [6.07, 6.45) is 0.689. The molecule has 0 radical (unpaired) electrons. The van der Waals surface area contributed by atoms with Gasteiger partial charge in [0.05, 0.1) is 31.8 Å². The monoisotopic (exact) mass is 441 g/mol. The van der Waals surface area contributed by atoms with E-state index in [1.807, 2.05) is 0 Å². The number of nitrogens with one attached hydrogen (secondary N) is 1. The molecule has 1 aliphatic heterocycles. The molecule has 0 aromatic heterocycles. The van der Waals surface area contributed by atoms with Crippen molar-refractivity contribution in [3.8, 4) is 11.5 Å². The van der Waals surface area contributed by atoms with Gasteiger partial charge in [-0.3, -0.25) is 29.4 Å². The molecular formula is C22H23N3O7. The van der Waals surface area contributed by atoms with Crippen LogP contribution in [0.2, 0.25) is 0 Å². The molecule has 0 bridgehead atoms. The number of rotatable bonds is 9. The lowest BCUT2D eigenvalue weighted by Crippen LogP contribution is -2.28. The van der Waals surface area contributed by atoms with Crippen LogP contribution in [0.4, 0.5) is 5.69 Å². The van der Waals surface area contributed by atoms with E-state index in [2.05, 4.69) is 5.32 Å². The number of nitro benzene ring substituents is 1. The normalized spacial score (nSPS) is 13.2. The van der Waals surface area contributed by atoms with Crippen molar-refractivity contribution in [1.82, 2.24) is 10.2 Å². The van der Waals surface area contributed by atoms with Crippen LogP contribution >= 0.6 is 0 Å². The lowest BCUT2D eigenvalue weighted by molar-refractivity contribution is -0.385. The van der Waals surface area contributed by atoms with E-state index in [-0.39, 0.29) is 61.5 Å². The Bertz CT molecular complexity index is 1030. The van der Waals surface area contributed by atoms with E-state index in [0.717, 1.165) is 5.56 Å². The van der Waals surface area contributed by atoms with Crippen LogP contribution in [0.5, 0.6) is 11.5 Å². The predicted octanol–water partition coefficient (Wildman–Crippen LogP) is 2.23. The molecule has 10 heteroatoms. The number of imide groups is 1. The highest BCUT2D eigenvalue weighted by Crippen LogP contribution is 2.34. The number of likely N-dealkylation sites (tertiary alicyclic amines) is 1. The summed E-state index contributed by atoms with van der Waals surface area (Å²) in [5.41, 5.74) is 1.43. The number of hydrogen-bond donors (Lipinski definition) is 1. The fourth-order valence-electron chi connectivity index (χ4n) is 3.44. The van der Waals surface area contributed by atoms with E-state index in [0.29, 0.717) is 16.9 Å². The van der Waals surface area contributed by atoms with Gasteiger partial charge >= 0.3 is 0 Å². The number of nitro groups is 1. The van der Waals surface area contributed by atoms with Crippen molar-refractivity contribution in [2.24, 2.45) is 0 Å². The molecule has 32 heavy (non-hydrogen) atoms. The van der Waals surface area contributed by atoms with Gasteiger partial charge in [-0.25, -0.2) is 0 Å². The zero-order valence-electron chi connectivity index (χ0n) is 17.8. The number of methoxy groups -OCH3 is 2. The first-order valence-electron chi connectivity index (χ1n) is 9.93. The van der Waals surface area contributed by atoms with Crippen molar-refractivity contribution in [2.45, 2.75) is 25.8 Å². The standard InChI is InChI=1S/C22H23N3O7/c1-31-18-11-16(17(25(29)30)12-19(18)32-2)9-10-23-22(28)15-5-3-14(4-6-15)13-24-20(26)7-8-21(24)27/h3-6,11-12H,7-10,13H2,1-2H3,(H,23,28). The van der Waals surface area contributed by atoms with E-state index in [9.17, 15) is 24.5 Å². The van der Waals surface area contributed by atoms with Crippen LogP contribution < -0.4 is 14.8 Å². The Balaban J connectivity index is 1.61. The van der Waals surface area contributed by atoms with Gasteiger partial charge in [-0.2, -0.15) is 0 Å². The molecule has 0 atom stereocenters. The molecule has 1 aliphatic rings. The highest BCUT2D eigenvalue weighted by molar-refractivity contribution is 6.01. The van der Waals surface area contributed by atoms with Crippen LogP contribution in [-0.2, 0) is 22.6 Å². The molecule has 2 aromatic rings. The maximum atomic E-state index is 12.4. The number of nitrogens with zero attached hydrogens (tertiary/aromatic N) is 2. The van der Waals surface area contributed by atoms with Crippen LogP contribution in [0.25, 0.3) is 0 Å². The quantitative estimate of drug-likeness (QED) is 0.359. The van der Waals surface area contributed by atoms with E-state index in [1.54, 1.807) is 24.3 Å². The minimum Gasteiger partial charge on any atom is -0.493 e.